The predicted octanol–water partition coefficient (Wildman–Crippen LogP) is 5.76. The molecule has 0 radical (unpaired) electrons. The molecule has 4 rings (SSSR count). The zero-order chi connectivity index (χ0) is 24.1. The number of rotatable bonds is 7. The van der Waals surface area contributed by atoms with Crippen molar-refractivity contribution in [2.24, 2.45) is 0 Å². The maximum absolute atomic E-state index is 12.6. The van der Waals surface area contributed by atoms with Gasteiger partial charge in [0.05, 0.1) is 4.92 Å². The van der Waals surface area contributed by atoms with Gasteiger partial charge in [-0.1, -0.05) is 29.8 Å². The van der Waals surface area contributed by atoms with Gasteiger partial charge in [-0.15, -0.1) is 11.3 Å². The van der Waals surface area contributed by atoms with E-state index < -0.39 is 10.8 Å². The third-order valence-corrected chi connectivity index (χ3v) is 5.83. The molecule has 0 spiro atoms. The molecule has 0 aliphatic rings. The molecule has 8 nitrogen and oxygen atoms in total. The smallest absolute Gasteiger partial charge is 0.269 e. The minimum Gasteiger partial charge on any atom is -0.457 e. The normalized spacial score (nSPS) is 11.1. The van der Waals surface area contributed by atoms with E-state index >= 15 is 0 Å². The number of non-ortho nitro benzene ring substituents is 1. The van der Waals surface area contributed by atoms with Crippen LogP contribution in [0.25, 0.3) is 17.4 Å². The van der Waals surface area contributed by atoms with Crippen LogP contribution < -0.4 is 5.32 Å². The van der Waals surface area contributed by atoms with Crippen molar-refractivity contribution in [2.75, 3.05) is 5.32 Å². The first-order valence-electron chi connectivity index (χ1n) is 10.2. The molecule has 0 bridgehead atoms. The van der Waals surface area contributed by atoms with Gasteiger partial charge in [0, 0.05) is 41.3 Å². The zero-order valence-corrected chi connectivity index (χ0v) is 18.8. The van der Waals surface area contributed by atoms with Gasteiger partial charge in [0.25, 0.3) is 11.6 Å². The molecular formula is C25H18N4O4S. The van der Waals surface area contributed by atoms with Crippen molar-refractivity contribution in [1.82, 2.24) is 4.98 Å². The standard InChI is InChI=1S/C25H18N4O4S/c1-16-2-4-17(5-3-16)12-22-15-27-25(34-22)28-24(30)19(14-26)13-21-10-11-23(33-21)18-6-8-20(9-7-18)29(31)32/h2-11,13,15H,12H2,1H3,(H,27,28,30)/b19-13+. The summed E-state index contributed by atoms with van der Waals surface area (Å²) in [7, 11) is 0. The summed E-state index contributed by atoms with van der Waals surface area (Å²) in [6, 6.07) is 19.3. The maximum atomic E-state index is 12.6. The van der Waals surface area contributed by atoms with E-state index in [-0.39, 0.29) is 11.3 Å². The number of anilines is 1. The van der Waals surface area contributed by atoms with Gasteiger partial charge in [0.1, 0.15) is 23.2 Å². The number of nitro benzene ring substituents is 1. The first-order chi connectivity index (χ1) is 16.4. The van der Waals surface area contributed by atoms with Gasteiger partial charge >= 0.3 is 0 Å². The van der Waals surface area contributed by atoms with Crippen LogP contribution in [-0.4, -0.2) is 15.8 Å². The second-order valence-electron chi connectivity index (χ2n) is 7.42. The summed E-state index contributed by atoms with van der Waals surface area (Å²) in [6.07, 6.45) is 3.75. The number of benzene rings is 2. The maximum Gasteiger partial charge on any atom is 0.269 e. The molecule has 0 aliphatic carbocycles. The number of amides is 1. The first-order valence-corrected chi connectivity index (χ1v) is 11.0. The number of nitrogens with one attached hydrogen (secondary N) is 1. The monoisotopic (exact) mass is 470 g/mol. The molecule has 4 aromatic rings. The van der Waals surface area contributed by atoms with Crippen LogP contribution in [0.1, 0.15) is 21.8 Å². The van der Waals surface area contributed by atoms with E-state index in [4.69, 9.17) is 4.42 Å². The van der Waals surface area contributed by atoms with Crippen LogP contribution in [0.4, 0.5) is 10.8 Å². The molecule has 0 atom stereocenters. The third-order valence-electron chi connectivity index (χ3n) is 4.91. The molecular weight excluding hydrogens is 452 g/mol. The van der Waals surface area contributed by atoms with Gasteiger partial charge in [0.15, 0.2) is 5.13 Å². The van der Waals surface area contributed by atoms with Crippen LogP contribution in [0.15, 0.2) is 76.9 Å². The van der Waals surface area contributed by atoms with E-state index in [0.717, 1.165) is 10.4 Å². The number of carbonyl (C=O) groups is 1. The summed E-state index contributed by atoms with van der Waals surface area (Å²) in [4.78, 5) is 28.1. The van der Waals surface area contributed by atoms with E-state index in [1.165, 1.54) is 35.1 Å². The fourth-order valence-electron chi connectivity index (χ4n) is 3.14. The molecule has 2 heterocycles. The van der Waals surface area contributed by atoms with Crippen LogP contribution in [0, 0.1) is 28.4 Å². The fourth-order valence-corrected chi connectivity index (χ4v) is 3.98. The zero-order valence-electron chi connectivity index (χ0n) is 18.0. The second kappa shape index (κ2) is 9.94. The van der Waals surface area contributed by atoms with Gasteiger partial charge in [-0.2, -0.15) is 5.26 Å². The summed E-state index contributed by atoms with van der Waals surface area (Å²) < 4.78 is 5.69. The minimum atomic E-state index is -0.591. The molecule has 1 N–H and O–H groups in total. The van der Waals surface area contributed by atoms with E-state index in [0.29, 0.717) is 28.6 Å². The summed E-state index contributed by atoms with van der Waals surface area (Å²) in [5.41, 5.74) is 2.81. The van der Waals surface area contributed by atoms with Crippen LogP contribution in [-0.2, 0) is 11.2 Å². The van der Waals surface area contributed by atoms with Crippen LogP contribution in [0.5, 0.6) is 0 Å². The average Bonchev–Trinajstić information content (AvgIpc) is 3.48. The first kappa shape index (κ1) is 22.6. The Morgan fingerprint density at radius 3 is 2.59 bits per heavy atom. The van der Waals surface area contributed by atoms with Crippen LogP contribution >= 0.6 is 11.3 Å². The molecule has 2 aromatic carbocycles. The molecule has 0 fully saturated rings. The fraction of sp³-hybridized carbons (Fsp3) is 0.0800. The highest BCUT2D eigenvalue weighted by atomic mass is 32.1. The van der Waals surface area contributed by atoms with Gasteiger partial charge in [-0.25, -0.2) is 4.98 Å². The minimum absolute atomic E-state index is 0.0249. The number of nitriles is 1. The summed E-state index contributed by atoms with van der Waals surface area (Å²) in [5.74, 6) is 0.172. The summed E-state index contributed by atoms with van der Waals surface area (Å²) in [5, 5.41) is 23.3. The molecule has 0 aliphatic heterocycles. The topological polar surface area (TPSA) is 122 Å². The number of aryl methyl sites for hydroxylation is 1. The molecule has 0 saturated carbocycles. The number of furan rings is 1. The number of nitrogens with zero attached hydrogens (tertiary/aromatic N) is 3. The number of hydrogen-bond acceptors (Lipinski definition) is 7. The molecule has 9 heteroatoms. The SMILES string of the molecule is Cc1ccc(Cc2cnc(NC(=O)/C(C#N)=C/c3ccc(-c4ccc([N+](=O)[O-])cc4)o3)s2)cc1. The van der Waals surface area contributed by atoms with Crippen LogP contribution in [0.2, 0.25) is 0 Å². The van der Waals surface area contributed by atoms with Gasteiger partial charge in [0.2, 0.25) is 0 Å². The lowest BCUT2D eigenvalue weighted by molar-refractivity contribution is -0.384. The second-order valence-corrected chi connectivity index (χ2v) is 8.54. The van der Waals surface area contributed by atoms with E-state index in [1.54, 1.807) is 30.5 Å². The molecule has 2 aromatic heterocycles. The van der Waals surface area contributed by atoms with Crippen molar-refractivity contribution in [3.63, 3.8) is 0 Å². The van der Waals surface area contributed by atoms with E-state index in [9.17, 15) is 20.2 Å². The van der Waals surface area contributed by atoms with Crippen LogP contribution in [0.3, 0.4) is 0 Å². The lowest BCUT2D eigenvalue weighted by Crippen LogP contribution is -2.13. The highest BCUT2D eigenvalue weighted by Gasteiger charge is 2.14. The van der Waals surface area contributed by atoms with Gasteiger partial charge < -0.3 is 4.42 Å². The van der Waals surface area contributed by atoms with Gasteiger partial charge in [-0.05, 0) is 36.8 Å². The molecule has 168 valence electrons. The highest BCUT2D eigenvalue weighted by molar-refractivity contribution is 7.15. The molecule has 0 unspecified atom stereocenters. The Kier molecular flexibility index (Phi) is 6.62. The molecule has 0 saturated heterocycles. The Morgan fingerprint density at radius 1 is 1.18 bits per heavy atom. The summed E-state index contributed by atoms with van der Waals surface area (Å²) >= 11 is 1.35. The number of hydrogen-bond donors (Lipinski definition) is 1. The van der Waals surface area contributed by atoms with Crippen molar-refractivity contribution in [2.45, 2.75) is 13.3 Å². The van der Waals surface area contributed by atoms with Crippen molar-refractivity contribution in [3.05, 3.63) is 104 Å². The Bertz CT molecular complexity index is 1410. The predicted molar refractivity (Wildman–Crippen MR) is 129 cm³/mol. The van der Waals surface area contributed by atoms with Gasteiger partial charge in [-0.3, -0.25) is 20.2 Å². The largest absolute Gasteiger partial charge is 0.457 e. The summed E-state index contributed by atoms with van der Waals surface area (Å²) in [6.45, 7) is 2.03. The Balaban J connectivity index is 1.43. The average molecular weight is 471 g/mol. The highest BCUT2D eigenvalue weighted by Crippen LogP contribution is 2.26. The van der Waals surface area contributed by atoms with E-state index in [1.807, 2.05) is 25.1 Å². The number of thiazole rings is 1. The molecule has 1 amide bonds. The van der Waals surface area contributed by atoms with Crippen molar-refractivity contribution < 1.29 is 14.1 Å². The van der Waals surface area contributed by atoms with Crippen molar-refractivity contribution >= 4 is 34.1 Å². The molecule has 34 heavy (non-hydrogen) atoms. The number of aromatic nitrogens is 1. The van der Waals surface area contributed by atoms with Crippen molar-refractivity contribution in [1.29, 1.82) is 5.26 Å². The lowest BCUT2D eigenvalue weighted by Gasteiger charge is -2.00. The van der Waals surface area contributed by atoms with Crippen molar-refractivity contribution in [3.8, 4) is 17.4 Å². The Morgan fingerprint density at radius 2 is 1.91 bits per heavy atom. The number of carbonyl (C=O) groups excluding carboxylic acids is 1. The quantitative estimate of drug-likeness (QED) is 0.159. The lowest BCUT2D eigenvalue weighted by atomic mass is 10.1. The van der Waals surface area contributed by atoms with E-state index in [2.05, 4.69) is 22.4 Å². The third kappa shape index (κ3) is 5.43. The Labute approximate surface area is 199 Å². The Hall–Kier alpha value is -4.55. The number of nitro groups is 1.